The number of aliphatic hydroxyl groups is 1. The molecule has 1 atom stereocenters. The normalized spacial score (nSPS) is 13.2. The molecule has 5 heteroatoms. The average molecular weight is 249 g/mol. The Balaban J connectivity index is 3.14. The molecular weight excluding hydrogens is 222 g/mol. The first-order valence-electron chi connectivity index (χ1n) is 6.24. The van der Waals surface area contributed by atoms with Gasteiger partial charge in [-0.05, 0) is 26.8 Å². The van der Waals surface area contributed by atoms with Crippen LogP contribution < -0.4 is 5.32 Å². The molecule has 5 nitrogen and oxygen atoms in total. The van der Waals surface area contributed by atoms with E-state index in [-0.39, 0.29) is 6.10 Å². The molecule has 0 saturated carbocycles. The van der Waals surface area contributed by atoms with Crippen molar-refractivity contribution in [3.8, 4) is 0 Å². The van der Waals surface area contributed by atoms with E-state index in [0.717, 1.165) is 19.6 Å². The Kier molecular flexibility index (Phi) is 12.1. The number of ether oxygens (including phenoxy) is 3. The number of hydrogen-bond donors (Lipinski definition) is 2. The van der Waals surface area contributed by atoms with E-state index < -0.39 is 6.10 Å². The molecule has 0 aliphatic carbocycles. The number of rotatable bonds is 12. The summed E-state index contributed by atoms with van der Waals surface area (Å²) in [6.45, 7) is 7.56. The Hall–Kier alpha value is -0.200. The largest absolute Gasteiger partial charge is 0.389 e. The smallest absolute Gasteiger partial charge is 0.0897 e. The first kappa shape index (κ1) is 16.8. The zero-order chi connectivity index (χ0) is 12.9. The van der Waals surface area contributed by atoms with Crippen LogP contribution in [-0.4, -0.2) is 63.9 Å². The van der Waals surface area contributed by atoms with Crippen LogP contribution in [0.5, 0.6) is 0 Å². The topological polar surface area (TPSA) is 60.0 Å². The summed E-state index contributed by atoms with van der Waals surface area (Å²) in [5.74, 6) is 0. The Morgan fingerprint density at radius 3 is 2.59 bits per heavy atom. The van der Waals surface area contributed by atoms with Crippen molar-refractivity contribution in [3.63, 3.8) is 0 Å². The minimum Gasteiger partial charge on any atom is -0.389 e. The lowest BCUT2D eigenvalue weighted by molar-refractivity contribution is -0.00998. The second kappa shape index (κ2) is 12.3. The minimum atomic E-state index is -0.461. The summed E-state index contributed by atoms with van der Waals surface area (Å²) in [5, 5.41) is 12.7. The molecule has 0 fully saturated rings. The Morgan fingerprint density at radius 1 is 1.18 bits per heavy atom. The Morgan fingerprint density at radius 2 is 1.94 bits per heavy atom. The first-order chi connectivity index (χ1) is 8.16. The lowest BCUT2D eigenvalue weighted by Gasteiger charge is -2.13. The summed E-state index contributed by atoms with van der Waals surface area (Å²) in [7, 11) is 1.68. The minimum absolute atomic E-state index is 0.228. The van der Waals surface area contributed by atoms with Crippen LogP contribution in [0.25, 0.3) is 0 Å². The van der Waals surface area contributed by atoms with E-state index >= 15 is 0 Å². The van der Waals surface area contributed by atoms with Crippen LogP contribution in [0.3, 0.4) is 0 Å². The van der Waals surface area contributed by atoms with Crippen molar-refractivity contribution < 1.29 is 19.3 Å². The number of hydrogen-bond acceptors (Lipinski definition) is 5. The third-order valence-electron chi connectivity index (χ3n) is 2.07. The van der Waals surface area contributed by atoms with Crippen LogP contribution in [-0.2, 0) is 14.2 Å². The van der Waals surface area contributed by atoms with Crippen molar-refractivity contribution in [1.29, 1.82) is 0 Å². The molecule has 0 bridgehead atoms. The fourth-order valence-electron chi connectivity index (χ4n) is 1.23. The summed E-state index contributed by atoms with van der Waals surface area (Å²) in [6, 6.07) is 0. The predicted molar refractivity (Wildman–Crippen MR) is 67.3 cm³/mol. The molecule has 2 N–H and O–H groups in total. The SMILES string of the molecule is COCCCNCC(O)COCCOC(C)C. The molecule has 0 aromatic carbocycles. The zero-order valence-electron chi connectivity index (χ0n) is 11.3. The highest BCUT2D eigenvalue weighted by molar-refractivity contribution is 4.58. The van der Waals surface area contributed by atoms with E-state index in [4.69, 9.17) is 14.2 Å². The molecule has 0 saturated heterocycles. The highest BCUT2D eigenvalue weighted by Gasteiger charge is 2.03. The molecule has 0 aliphatic rings. The van der Waals surface area contributed by atoms with Crippen molar-refractivity contribution in [3.05, 3.63) is 0 Å². The molecule has 0 aliphatic heterocycles. The summed E-state index contributed by atoms with van der Waals surface area (Å²) >= 11 is 0. The van der Waals surface area contributed by atoms with Crippen LogP contribution in [0.2, 0.25) is 0 Å². The van der Waals surface area contributed by atoms with E-state index in [1.54, 1.807) is 7.11 Å². The number of aliphatic hydroxyl groups excluding tert-OH is 1. The molecular formula is C12H27NO4. The van der Waals surface area contributed by atoms with Crippen LogP contribution in [0.15, 0.2) is 0 Å². The van der Waals surface area contributed by atoms with Crippen molar-refractivity contribution in [2.24, 2.45) is 0 Å². The van der Waals surface area contributed by atoms with Gasteiger partial charge >= 0.3 is 0 Å². The third-order valence-corrected chi connectivity index (χ3v) is 2.07. The maximum atomic E-state index is 9.55. The lowest BCUT2D eigenvalue weighted by Crippen LogP contribution is -2.31. The summed E-state index contributed by atoms with van der Waals surface area (Å²) in [4.78, 5) is 0. The summed E-state index contributed by atoms with van der Waals surface area (Å²) in [6.07, 6.45) is 0.717. The molecule has 0 rings (SSSR count). The standard InChI is InChI=1S/C12H27NO4/c1-11(2)17-8-7-16-10-12(14)9-13-5-4-6-15-3/h11-14H,4-10H2,1-3H3. The van der Waals surface area contributed by atoms with E-state index in [2.05, 4.69) is 5.32 Å². The van der Waals surface area contributed by atoms with Gasteiger partial charge in [-0.15, -0.1) is 0 Å². The third kappa shape index (κ3) is 13.7. The fraction of sp³-hybridized carbons (Fsp3) is 1.00. The molecule has 0 aromatic heterocycles. The average Bonchev–Trinajstić information content (AvgIpc) is 2.28. The summed E-state index contributed by atoms with van der Waals surface area (Å²) < 4.78 is 15.5. The molecule has 104 valence electrons. The van der Waals surface area contributed by atoms with Gasteiger partial charge in [-0.3, -0.25) is 0 Å². The quantitative estimate of drug-likeness (QED) is 0.491. The van der Waals surface area contributed by atoms with Crippen molar-refractivity contribution in [2.45, 2.75) is 32.5 Å². The number of nitrogens with one attached hydrogen (secondary N) is 1. The highest BCUT2D eigenvalue weighted by Crippen LogP contribution is 1.89. The van der Waals surface area contributed by atoms with Crippen molar-refractivity contribution in [1.82, 2.24) is 5.32 Å². The van der Waals surface area contributed by atoms with Gasteiger partial charge in [-0.2, -0.15) is 0 Å². The van der Waals surface area contributed by atoms with Crippen LogP contribution in [0.4, 0.5) is 0 Å². The molecule has 0 heterocycles. The second-order valence-corrected chi connectivity index (χ2v) is 4.20. The summed E-state index contributed by atoms with van der Waals surface area (Å²) in [5.41, 5.74) is 0. The van der Waals surface area contributed by atoms with Gasteiger partial charge in [0, 0.05) is 20.3 Å². The van der Waals surface area contributed by atoms with E-state index in [9.17, 15) is 5.11 Å². The maximum Gasteiger partial charge on any atom is 0.0897 e. The van der Waals surface area contributed by atoms with Crippen LogP contribution in [0.1, 0.15) is 20.3 Å². The van der Waals surface area contributed by atoms with Crippen molar-refractivity contribution >= 4 is 0 Å². The van der Waals surface area contributed by atoms with Gasteiger partial charge in [-0.25, -0.2) is 0 Å². The fourth-order valence-corrected chi connectivity index (χ4v) is 1.23. The van der Waals surface area contributed by atoms with Gasteiger partial charge in [-0.1, -0.05) is 0 Å². The van der Waals surface area contributed by atoms with Gasteiger partial charge in [0.05, 0.1) is 32.0 Å². The Labute approximate surface area is 104 Å². The van der Waals surface area contributed by atoms with Crippen LogP contribution >= 0.6 is 0 Å². The zero-order valence-corrected chi connectivity index (χ0v) is 11.3. The lowest BCUT2D eigenvalue weighted by atomic mass is 10.3. The molecule has 1 unspecified atom stereocenters. The van der Waals surface area contributed by atoms with Gasteiger partial charge in [0.25, 0.3) is 0 Å². The highest BCUT2D eigenvalue weighted by atomic mass is 16.5. The van der Waals surface area contributed by atoms with Crippen LogP contribution in [0, 0.1) is 0 Å². The van der Waals surface area contributed by atoms with Gasteiger partial charge in [0.1, 0.15) is 0 Å². The molecule has 0 aromatic rings. The van der Waals surface area contributed by atoms with E-state index in [0.29, 0.717) is 26.4 Å². The monoisotopic (exact) mass is 249 g/mol. The molecule has 0 amide bonds. The molecule has 0 radical (unpaired) electrons. The van der Waals surface area contributed by atoms with Crippen molar-refractivity contribution in [2.75, 3.05) is 46.6 Å². The predicted octanol–water partition coefficient (Wildman–Crippen LogP) is 0.415. The second-order valence-electron chi connectivity index (χ2n) is 4.20. The van der Waals surface area contributed by atoms with Gasteiger partial charge < -0.3 is 24.6 Å². The molecule has 0 spiro atoms. The Bertz CT molecular complexity index is 155. The van der Waals surface area contributed by atoms with Gasteiger partial charge in [0.15, 0.2) is 0 Å². The molecule has 17 heavy (non-hydrogen) atoms. The number of methoxy groups -OCH3 is 1. The first-order valence-corrected chi connectivity index (χ1v) is 6.24. The van der Waals surface area contributed by atoms with E-state index in [1.807, 2.05) is 13.8 Å². The maximum absolute atomic E-state index is 9.55. The van der Waals surface area contributed by atoms with Gasteiger partial charge in [0.2, 0.25) is 0 Å². The van der Waals surface area contributed by atoms with E-state index in [1.165, 1.54) is 0 Å².